The summed E-state index contributed by atoms with van der Waals surface area (Å²) >= 11 is 0. The SMILES string of the molecule is CC(N)CCC(=O)Nc1cccc(-n2cccn2)c1. The third-order valence-corrected chi connectivity index (χ3v) is 2.73. The van der Waals surface area contributed by atoms with Crippen molar-refractivity contribution < 1.29 is 4.79 Å². The smallest absolute Gasteiger partial charge is 0.224 e. The molecule has 0 aliphatic rings. The van der Waals surface area contributed by atoms with Gasteiger partial charge in [-0.25, -0.2) is 4.68 Å². The Kier molecular flexibility index (Phi) is 4.30. The van der Waals surface area contributed by atoms with Crippen LogP contribution in [0.1, 0.15) is 19.8 Å². The van der Waals surface area contributed by atoms with Crippen LogP contribution in [0.2, 0.25) is 0 Å². The topological polar surface area (TPSA) is 72.9 Å². The average molecular weight is 258 g/mol. The van der Waals surface area contributed by atoms with E-state index >= 15 is 0 Å². The van der Waals surface area contributed by atoms with E-state index in [1.165, 1.54) is 0 Å². The normalized spacial score (nSPS) is 12.1. The van der Waals surface area contributed by atoms with Crippen molar-refractivity contribution in [3.63, 3.8) is 0 Å². The second kappa shape index (κ2) is 6.15. The van der Waals surface area contributed by atoms with Crippen LogP contribution in [0.5, 0.6) is 0 Å². The fraction of sp³-hybridized carbons (Fsp3) is 0.286. The lowest BCUT2D eigenvalue weighted by Gasteiger charge is -2.08. The van der Waals surface area contributed by atoms with E-state index in [1.54, 1.807) is 10.9 Å². The van der Waals surface area contributed by atoms with Crippen molar-refractivity contribution in [3.8, 4) is 5.69 Å². The van der Waals surface area contributed by atoms with Crippen molar-refractivity contribution in [2.45, 2.75) is 25.8 Å². The van der Waals surface area contributed by atoms with Gasteiger partial charge in [0.2, 0.25) is 5.91 Å². The summed E-state index contributed by atoms with van der Waals surface area (Å²) in [5.41, 5.74) is 7.31. The van der Waals surface area contributed by atoms with Crippen LogP contribution in [-0.4, -0.2) is 21.7 Å². The van der Waals surface area contributed by atoms with Gasteiger partial charge in [0, 0.05) is 30.5 Å². The molecule has 0 aliphatic carbocycles. The zero-order valence-electron chi connectivity index (χ0n) is 10.9. The number of aromatic nitrogens is 2. The molecule has 2 aromatic rings. The van der Waals surface area contributed by atoms with Crippen molar-refractivity contribution in [3.05, 3.63) is 42.7 Å². The number of rotatable bonds is 5. The van der Waals surface area contributed by atoms with Gasteiger partial charge in [0.15, 0.2) is 0 Å². The van der Waals surface area contributed by atoms with Crippen LogP contribution >= 0.6 is 0 Å². The lowest BCUT2D eigenvalue weighted by Crippen LogP contribution is -2.19. The fourth-order valence-electron chi connectivity index (χ4n) is 1.73. The van der Waals surface area contributed by atoms with Crippen LogP contribution in [0.25, 0.3) is 5.69 Å². The van der Waals surface area contributed by atoms with Gasteiger partial charge >= 0.3 is 0 Å². The Hall–Kier alpha value is -2.14. The second-order valence-corrected chi connectivity index (χ2v) is 4.57. The second-order valence-electron chi connectivity index (χ2n) is 4.57. The first-order valence-corrected chi connectivity index (χ1v) is 6.30. The number of nitrogens with one attached hydrogen (secondary N) is 1. The Morgan fingerprint density at radius 2 is 2.32 bits per heavy atom. The molecule has 0 spiro atoms. The molecule has 1 amide bonds. The van der Waals surface area contributed by atoms with E-state index in [1.807, 2.05) is 43.5 Å². The van der Waals surface area contributed by atoms with E-state index in [0.29, 0.717) is 12.8 Å². The first-order chi connectivity index (χ1) is 9.15. The Morgan fingerprint density at radius 1 is 1.47 bits per heavy atom. The molecule has 1 unspecified atom stereocenters. The highest BCUT2D eigenvalue weighted by Gasteiger charge is 2.05. The molecule has 0 saturated heterocycles. The van der Waals surface area contributed by atoms with Gasteiger partial charge in [-0.05, 0) is 37.6 Å². The first kappa shape index (κ1) is 13.3. The van der Waals surface area contributed by atoms with Crippen LogP contribution in [0.3, 0.4) is 0 Å². The highest BCUT2D eigenvalue weighted by molar-refractivity contribution is 5.90. The van der Waals surface area contributed by atoms with E-state index in [-0.39, 0.29) is 11.9 Å². The summed E-state index contributed by atoms with van der Waals surface area (Å²) in [6, 6.07) is 9.46. The van der Waals surface area contributed by atoms with E-state index in [9.17, 15) is 4.79 Å². The highest BCUT2D eigenvalue weighted by atomic mass is 16.1. The largest absolute Gasteiger partial charge is 0.328 e. The first-order valence-electron chi connectivity index (χ1n) is 6.30. The summed E-state index contributed by atoms with van der Waals surface area (Å²) in [6.45, 7) is 1.89. The van der Waals surface area contributed by atoms with Crippen LogP contribution in [0, 0.1) is 0 Å². The number of carbonyl (C=O) groups is 1. The van der Waals surface area contributed by atoms with Gasteiger partial charge in [0.25, 0.3) is 0 Å². The van der Waals surface area contributed by atoms with Crippen molar-refractivity contribution in [2.75, 3.05) is 5.32 Å². The number of hydrogen-bond acceptors (Lipinski definition) is 3. The molecule has 0 radical (unpaired) electrons. The maximum absolute atomic E-state index is 11.7. The average Bonchev–Trinajstić information content (AvgIpc) is 2.90. The molecule has 1 aromatic carbocycles. The zero-order valence-corrected chi connectivity index (χ0v) is 10.9. The van der Waals surface area contributed by atoms with Gasteiger partial charge in [-0.3, -0.25) is 4.79 Å². The molecule has 0 saturated carbocycles. The Bertz CT molecular complexity index is 534. The molecule has 2 rings (SSSR count). The Balaban J connectivity index is 2.01. The number of nitrogens with zero attached hydrogens (tertiary/aromatic N) is 2. The Morgan fingerprint density at radius 3 is 3.00 bits per heavy atom. The quantitative estimate of drug-likeness (QED) is 0.860. The van der Waals surface area contributed by atoms with Crippen molar-refractivity contribution >= 4 is 11.6 Å². The zero-order chi connectivity index (χ0) is 13.7. The number of benzene rings is 1. The molecule has 0 bridgehead atoms. The fourth-order valence-corrected chi connectivity index (χ4v) is 1.73. The summed E-state index contributed by atoms with van der Waals surface area (Å²) in [5.74, 6) is -0.0186. The number of hydrogen-bond donors (Lipinski definition) is 2. The third kappa shape index (κ3) is 3.93. The van der Waals surface area contributed by atoms with E-state index in [2.05, 4.69) is 10.4 Å². The Labute approximate surface area is 112 Å². The number of carbonyl (C=O) groups excluding carboxylic acids is 1. The molecule has 0 fully saturated rings. The highest BCUT2D eigenvalue weighted by Crippen LogP contribution is 2.14. The predicted octanol–water partition coefficient (Wildman–Crippen LogP) is 1.94. The number of amides is 1. The maximum Gasteiger partial charge on any atom is 0.224 e. The van der Waals surface area contributed by atoms with Crippen LogP contribution in [0.15, 0.2) is 42.7 Å². The third-order valence-electron chi connectivity index (χ3n) is 2.73. The minimum absolute atomic E-state index is 0.0186. The lowest BCUT2D eigenvalue weighted by atomic mass is 10.2. The van der Waals surface area contributed by atoms with Crippen molar-refractivity contribution in [1.82, 2.24) is 9.78 Å². The molecular weight excluding hydrogens is 240 g/mol. The monoisotopic (exact) mass is 258 g/mol. The molecule has 5 nitrogen and oxygen atoms in total. The minimum Gasteiger partial charge on any atom is -0.328 e. The van der Waals surface area contributed by atoms with E-state index < -0.39 is 0 Å². The summed E-state index contributed by atoms with van der Waals surface area (Å²) < 4.78 is 1.75. The summed E-state index contributed by atoms with van der Waals surface area (Å²) in [6.07, 6.45) is 4.69. The molecule has 19 heavy (non-hydrogen) atoms. The molecule has 5 heteroatoms. The number of nitrogens with two attached hydrogens (primary N) is 1. The van der Waals surface area contributed by atoms with E-state index in [0.717, 1.165) is 11.4 Å². The molecule has 100 valence electrons. The number of anilines is 1. The lowest BCUT2D eigenvalue weighted by molar-refractivity contribution is -0.116. The standard InChI is InChI=1S/C14H18N4O/c1-11(15)6-7-14(19)17-12-4-2-5-13(10-12)18-9-3-8-16-18/h2-5,8-11H,6-7,15H2,1H3,(H,17,19). The van der Waals surface area contributed by atoms with Gasteiger partial charge in [-0.1, -0.05) is 6.07 Å². The van der Waals surface area contributed by atoms with Gasteiger partial charge in [-0.2, -0.15) is 5.10 Å². The van der Waals surface area contributed by atoms with Crippen molar-refractivity contribution in [1.29, 1.82) is 0 Å². The molecule has 0 aliphatic heterocycles. The summed E-state index contributed by atoms with van der Waals surface area (Å²) in [5, 5.41) is 7.02. The van der Waals surface area contributed by atoms with E-state index in [4.69, 9.17) is 5.73 Å². The van der Waals surface area contributed by atoms with Gasteiger partial charge in [-0.15, -0.1) is 0 Å². The van der Waals surface area contributed by atoms with Crippen molar-refractivity contribution in [2.24, 2.45) is 5.73 Å². The minimum atomic E-state index is -0.0186. The molecular formula is C14H18N4O. The van der Waals surface area contributed by atoms with Gasteiger partial charge < -0.3 is 11.1 Å². The van der Waals surface area contributed by atoms with Crippen LogP contribution < -0.4 is 11.1 Å². The summed E-state index contributed by atoms with van der Waals surface area (Å²) in [7, 11) is 0. The van der Waals surface area contributed by atoms with Gasteiger partial charge in [0.1, 0.15) is 0 Å². The van der Waals surface area contributed by atoms with Gasteiger partial charge in [0.05, 0.1) is 5.69 Å². The molecule has 1 aromatic heterocycles. The summed E-state index contributed by atoms with van der Waals surface area (Å²) in [4.78, 5) is 11.7. The predicted molar refractivity (Wildman–Crippen MR) is 75.1 cm³/mol. The molecule has 1 heterocycles. The maximum atomic E-state index is 11.7. The molecule has 1 atom stereocenters. The van der Waals surface area contributed by atoms with Crippen LogP contribution in [0.4, 0.5) is 5.69 Å². The van der Waals surface area contributed by atoms with Crippen LogP contribution in [-0.2, 0) is 4.79 Å². The molecule has 3 N–H and O–H groups in total.